The lowest BCUT2D eigenvalue weighted by molar-refractivity contribution is 0.0951. The molecule has 0 bridgehead atoms. The minimum atomic E-state index is -0.180. The summed E-state index contributed by atoms with van der Waals surface area (Å²) < 4.78 is 5.21. The van der Waals surface area contributed by atoms with Crippen LogP contribution in [0.3, 0.4) is 0 Å². The first-order valence-electron chi connectivity index (χ1n) is 8.02. The molecule has 1 amide bonds. The zero-order valence-corrected chi connectivity index (χ0v) is 15.4. The molecule has 4 heteroatoms. The Balaban J connectivity index is 1.94. The number of amides is 1. The number of hydrogen-bond acceptors (Lipinski definition) is 2. The largest absolute Gasteiger partial charge is 0.496 e. The Morgan fingerprint density at radius 1 is 1.12 bits per heavy atom. The lowest BCUT2D eigenvalue weighted by Gasteiger charge is -2.19. The predicted molar refractivity (Wildman–Crippen MR) is 99.2 cm³/mol. The Morgan fingerprint density at radius 3 is 2.38 bits per heavy atom. The van der Waals surface area contributed by atoms with Crippen molar-refractivity contribution in [2.45, 2.75) is 32.6 Å². The van der Waals surface area contributed by atoms with E-state index in [0.29, 0.717) is 22.9 Å². The second-order valence-corrected chi connectivity index (χ2v) is 7.23. The van der Waals surface area contributed by atoms with Gasteiger partial charge >= 0.3 is 0 Å². The lowest BCUT2D eigenvalue weighted by Crippen LogP contribution is -2.26. The van der Waals surface area contributed by atoms with Crippen molar-refractivity contribution in [2.75, 3.05) is 13.7 Å². The van der Waals surface area contributed by atoms with Gasteiger partial charge in [0.05, 0.1) is 12.7 Å². The number of ether oxygens (including phenoxy) is 1. The molecule has 3 nitrogen and oxygen atoms in total. The Hall–Kier alpha value is -2.00. The standard InChI is InChI=1S/C20H24ClNO2/c1-20(2,3)15-7-5-14(6-8-15)11-12-22-19(23)17-13-16(21)9-10-18(17)24-4/h5-10,13H,11-12H2,1-4H3,(H,22,23). The third-order valence-corrected chi connectivity index (χ3v) is 4.16. The molecule has 0 spiro atoms. The topological polar surface area (TPSA) is 38.3 Å². The molecule has 24 heavy (non-hydrogen) atoms. The zero-order valence-electron chi connectivity index (χ0n) is 14.7. The van der Waals surface area contributed by atoms with E-state index in [9.17, 15) is 4.79 Å². The molecule has 0 unspecified atom stereocenters. The number of rotatable bonds is 5. The molecular formula is C20H24ClNO2. The SMILES string of the molecule is COc1ccc(Cl)cc1C(=O)NCCc1ccc(C(C)(C)C)cc1. The van der Waals surface area contributed by atoms with Crippen LogP contribution >= 0.6 is 11.6 Å². The number of nitrogens with one attached hydrogen (secondary N) is 1. The van der Waals surface area contributed by atoms with Crippen molar-refractivity contribution in [2.24, 2.45) is 0 Å². The molecule has 0 saturated heterocycles. The van der Waals surface area contributed by atoms with Crippen molar-refractivity contribution in [3.63, 3.8) is 0 Å². The highest BCUT2D eigenvalue weighted by molar-refractivity contribution is 6.31. The minimum absolute atomic E-state index is 0.149. The third-order valence-electron chi connectivity index (χ3n) is 3.93. The van der Waals surface area contributed by atoms with E-state index in [1.54, 1.807) is 18.2 Å². The van der Waals surface area contributed by atoms with E-state index in [-0.39, 0.29) is 11.3 Å². The summed E-state index contributed by atoms with van der Waals surface area (Å²) in [5.74, 6) is 0.340. The van der Waals surface area contributed by atoms with Gasteiger partial charge in [0.2, 0.25) is 0 Å². The molecule has 0 heterocycles. The van der Waals surface area contributed by atoms with Crippen LogP contribution in [0.5, 0.6) is 5.75 Å². The van der Waals surface area contributed by atoms with E-state index in [2.05, 4.69) is 50.4 Å². The van der Waals surface area contributed by atoms with Crippen molar-refractivity contribution in [3.05, 3.63) is 64.2 Å². The van der Waals surface area contributed by atoms with Crippen LogP contribution in [0.2, 0.25) is 5.02 Å². The summed E-state index contributed by atoms with van der Waals surface area (Å²) in [5, 5.41) is 3.43. The molecular weight excluding hydrogens is 322 g/mol. The van der Waals surface area contributed by atoms with Gasteiger partial charge in [-0.3, -0.25) is 4.79 Å². The first-order valence-corrected chi connectivity index (χ1v) is 8.40. The molecule has 0 atom stereocenters. The highest BCUT2D eigenvalue weighted by Gasteiger charge is 2.14. The highest BCUT2D eigenvalue weighted by Crippen LogP contribution is 2.23. The fraction of sp³-hybridized carbons (Fsp3) is 0.350. The molecule has 0 aliphatic heterocycles. The maximum Gasteiger partial charge on any atom is 0.255 e. The molecule has 2 aromatic carbocycles. The van der Waals surface area contributed by atoms with Crippen molar-refractivity contribution in [1.82, 2.24) is 5.32 Å². The fourth-order valence-electron chi connectivity index (χ4n) is 2.44. The second-order valence-electron chi connectivity index (χ2n) is 6.80. The van der Waals surface area contributed by atoms with E-state index in [4.69, 9.17) is 16.3 Å². The molecule has 0 radical (unpaired) electrons. The van der Waals surface area contributed by atoms with Gasteiger partial charge in [-0.1, -0.05) is 56.6 Å². The molecule has 2 rings (SSSR count). The van der Waals surface area contributed by atoms with Crippen molar-refractivity contribution in [1.29, 1.82) is 0 Å². The summed E-state index contributed by atoms with van der Waals surface area (Å²) in [4.78, 5) is 12.3. The second kappa shape index (κ2) is 7.71. The normalized spacial score (nSPS) is 11.2. The lowest BCUT2D eigenvalue weighted by atomic mass is 9.86. The molecule has 0 saturated carbocycles. The smallest absolute Gasteiger partial charge is 0.255 e. The Kier molecular flexibility index (Phi) is 5.89. The highest BCUT2D eigenvalue weighted by atomic mass is 35.5. The molecule has 2 aromatic rings. The van der Waals surface area contributed by atoms with Gasteiger partial charge in [0, 0.05) is 11.6 Å². The number of carbonyl (C=O) groups is 1. The molecule has 0 aromatic heterocycles. The molecule has 0 fully saturated rings. The van der Waals surface area contributed by atoms with E-state index in [1.807, 2.05) is 0 Å². The molecule has 1 N–H and O–H groups in total. The van der Waals surface area contributed by atoms with Crippen LogP contribution in [0.15, 0.2) is 42.5 Å². The van der Waals surface area contributed by atoms with E-state index in [0.717, 1.165) is 6.42 Å². The van der Waals surface area contributed by atoms with Crippen LogP contribution < -0.4 is 10.1 Å². The average molecular weight is 346 g/mol. The first-order chi connectivity index (χ1) is 11.3. The van der Waals surface area contributed by atoms with Gasteiger partial charge in [-0.05, 0) is 41.2 Å². The van der Waals surface area contributed by atoms with Gasteiger partial charge in [0.1, 0.15) is 5.75 Å². The summed E-state index contributed by atoms with van der Waals surface area (Å²) in [6.45, 7) is 7.14. The summed E-state index contributed by atoms with van der Waals surface area (Å²) in [6, 6.07) is 13.6. The van der Waals surface area contributed by atoms with Crippen LogP contribution in [0.1, 0.15) is 42.3 Å². The third kappa shape index (κ3) is 4.75. The Morgan fingerprint density at radius 2 is 1.79 bits per heavy atom. The number of carbonyl (C=O) groups excluding carboxylic acids is 1. The van der Waals surface area contributed by atoms with Crippen LogP contribution in [0.4, 0.5) is 0 Å². The number of methoxy groups -OCH3 is 1. The summed E-state index contributed by atoms with van der Waals surface area (Å²) in [6.07, 6.45) is 0.777. The number of halogens is 1. The quantitative estimate of drug-likeness (QED) is 0.858. The first kappa shape index (κ1) is 18.3. The Bertz CT molecular complexity index is 703. The van der Waals surface area contributed by atoms with Crippen molar-refractivity contribution >= 4 is 17.5 Å². The van der Waals surface area contributed by atoms with Crippen molar-refractivity contribution in [3.8, 4) is 5.75 Å². The summed E-state index contributed by atoms with van der Waals surface area (Å²) in [5.41, 5.74) is 3.10. The average Bonchev–Trinajstić information content (AvgIpc) is 2.54. The van der Waals surface area contributed by atoms with E-state index < -0.39 is 0 Å². The number of hydrogen-bond donors (Lipinski definition) is 1. The Labute approximate surface area is 149 Å². The zero-order chi connectivity index (χ0) is 17.7. The van der Waals surface area contributed by atoms with Crippen LogP contribution in [0, 0.1) is 0 Å². The van der Waals surface area contributed by atoms with Gasteiger partial charge in [-0.15, -0.1) is 0 Å². The van der Waals surface area contributed by atoms with Gasteiger partial charge < -0.3 is 10.1 Å². The summed E-state index contributed by atoms with van der Waals surface area (Å²) in [7, 11) is 1.54. The van der Waals surface area contributed by atoms with E-state index >= 15 is 0 Å². The van der Waals surface area contributed by atoms with Gasteiger partial charge in [0.25, 0.3) is 5.91 Å². The predicted octanol–water partition coefficient (Wildman–Crippen LogP) is 4.62. The van der Waals surface area contributed by atoms with Gasteiger partial charge in [-0.2, -0.15) is 0 Å². The fourth-order valence-corrected chi connectivity index (χ4v) is 2.62. The van der Waals surface area contributed by atoms with Crippen molar-refractivity contribution < 1.29 is 9.53 Å². The molecule has 0 aliphatic rings. The van der Waals surface area contributed by atoms with Crippen LogP contribution in [-0.2, 0) is 11.8 Å². The van der Waals surface area contributed by atoms with Gasteiger partial charge in [0.15, 0.2) is 0 Å². The van der Waals surface area contributed by atoms with E-state index in [1.165, 1.54) is 18.2 Å². The van der Waals surface area contributed by atoms with Crippen LogP contribution in [0.25, 0.3) is 0 Å². The summed E-state index contributed by atoms with van der Waals surface area (Å²) >= 11 is 5.96. The molecule has 0 aliphatic carbocycles. The monoisotopic (exact) mass is 345 g/mol. The minimum Gasteiger partial charge on any atom is -0.496 e. The maximum absolute atomic E-state index is 12.3. The molecule has 128 valence electrons. The maximum atomic E-state index is 12.3. The number of benzene rings is 2. The van der Waals surface area contributed by atoms with Gasteiger partial charge in [-0.25, -0.2) is 0 Å². The van der Waals surface area contributed by atoms with Crippen LogP contribution in [-0.4, -0.2) is 19.6 Å².